The van der Waals surface area contributed by atoms with E-state index in [1.807, 2.05) is 0 Å². The Morgan fingerprint density at radius 1 is 0.914 bits per heavy atom. The van der Waals surface area contributed by atoms with Crippen LogP contribution in [0.25, 0.3) is 0 Å². The standard InChI is InChI=1S/C25H18N2O8/c28-22(29)12-33-17-5-3-16(4-6-17)26-23(30)15-2-7-18-19(10-15)25(32)27(24(18)31)11-14-1-8-20-21(9-14)35-13-34-20/h1-10H,11-13H2,(H,26,30)(H,28,29). The Bertz CT molecular complexity index is 1370. The first-order valence-corrected chi connectivity index (χ1v) is 10.5. The van der Waals surface area contributed by atoms with Crippen molar-refractivity contribution in [3.05, 3.63) is 82.9 Å². The molecule has 10 nitrogen and oxygen atoms in total. The van der Waals surface area contributed by atoms with E-state index in [-0.39, 0.29) is 30.0 Å². The van der Waals surface area contributed by atoms with Crippen LogP contribution in [0.4, 0.5) is 5.69 Å². The maximum Gasteiger partial charge on any atom is 0.341 e. The van der Waals surface area contributed by atoms with Crippen molar-refractivity contribution in [1.29, 1.82) is 0 Å². The molecule has 35 heavy (non-hydrogen) atoms. The molecular formula is C25H18N2O8. The van der Waals surface area contributed by atoms with Gasteiger partial charge in [0, 0.05) is 11.3 Å². The molecule has 3 amide bonds. The summed E-state index contributed by atoms with van der Waals surface area (Å²) in [6, 6.07) is 15.7. The van der Waals surface area contributed by atoms with E-state index in [9.17, 15) is 19.2 Å². The van der Waals surface area contributed by atoms with Gasteiger partial charge in [0.05, 0.1) is 17.7 Å². The Morgan fingerprint density at radius 2 is 1.66 bits per heavy atom. The number of hydrogen-bond donors (Lipinski definition) is 2. The van der Waals surface area contributed by atoms with Crippen molar-refractivity contribution in [2.24, 2.45) is 0 Å². The predicted octanol–water partition coefficient (Wildman–Crippen LogP) is 2.93. The molecule has 0 bridgehead atoms. The van der Waals surface area contributed by atoms with Gasteiger partial charge in [0.1, 0.15) is 5.75 Å². The first kappa shape index (κ1) is 22.0. The highest BCUT2D eigenvalue weighted by Gasteiger charge is 2.36. The number of ether oxygens (including phenoxy) is 3. The zero-order valence-corrected chi connectivity index (χ0v) is 18.1. The summed E-state index contributed by atoms with van der Waals surface area (Å²) in [4.78, 5) is 50.3. The molecule has 176 valence electrons. The molecule has 0 spiro atoms. The predicted molar refractivity (Wildman–Crippen MR) is 121 cm³/mol. The average molecular weight is 474 g/mol. The van der Waals surface area contributed by atoms with Crippen molar-refractivity contribution in [2.75, 3.05) is 18.7 Å². The second-order valence-electron chi connectivity index (χ2n) is 7.81. The number of hydrogen-bond acceptors (Lipinski definition) is 7. The fourth-order valence-corrected chi connectivity index (χ4v) is 3.78. The summed E-state index contributed by atoms with van der Waals surface area (Å²) in [5.41, 5.74) is 1.75. The Morgan fingerprint density at radius 3 is 2.43 bits per heavy atom. The van der Waals surface area contributed by atoms with E-state index in [1.54, 1.807) is 30.3 Å². The van der Waals surface area contributed by atoms with Crippen molar-refractivity contribution in [3.63, 3.8) is 0 Å². The second-order valence-corrected chi connectivity index (χ2v) is 7.81. The highest BCUT2D eigenvalue weighted by Crippen LogP contribution is 2.34. The fraction of sp³-hybridized carbons (Fsp3) is 0.120. The van der Waals surface area contributed by atoms with Crippen LogP contribution in [0.5, 0.6) is 17.2 Å². The van der Waals surface area contributed by atoms with Crippen LogP contribution >= 0.6 is 0 Å². The van der Waals surface area contributed by atoms with Gasteiger partial charge >= 0.3 is 5.97 Å². The van der Waals surface area contributed by atoms with Crippen LogP contribution in [0.1, 0.15) is 36.6 Å². The van der Waals surface area contributed by atoms with Gasteiger partial charge in [0.2, 0.25) is 6.79 Å². The number of benzene rings is 3. The number of amides is 3. The van der Waals surface area contributed by atoms with Gasteiger partial charge in [0.15, 0.2) is 18.1 Å². The molecule has 3 aromatic rings. The minimum atomic E-state index is -1.10. The van der Waals surface area contributed by atoms with Crippen LogP contribution in [-0.2, 0) is 11.3 Å². The van der Waals surface area contributed by atoms with Gasteiger partial charge in [-0.2, -0.15) is 0 Å². The molecule has 0 unspecified atom stereocenters. The van der Waals surface area contributed by atoms with Crippen molar-refractivity contribution in [1.82, 2.24) is 4.90 Å². The van der Waals surface area contributed by atoms with Crippen molar-refractivity contribution >= 4 is 29.4 Å². The van der Waals surface area contributed by atoms with E-state index in [0.717, 1.165) is 4.90 Å². The number of carbonyl (C=O) groups excluding carboxylic acids is 3. The van der Waals surface area contributed by atoms with Crippen molar-refractivity contribution in [3.8, 4) is 17.2 Å². The Hall–Kier alpha value is -4.86. The topological polar surface area (TPSA) is 131 Å². The maximum absolute atomic E-state index is 13.0. The van der Waals surface area contributed by atoms with E-state index < -0.39 is 30.3 Å². The van der Waals surface area contributed by atoms with Gasteiger partial charge < -0.3 is 24.6 Å². The lowest BCUT2D eigenvalue weighted by atomic mass is 10.1. The highest BCUT2D eigenvalue weighted by molar-refractivity contribution is 6.22. The van der Waals surface area contributed by atoms with Crippen molar-refractivity contribution in [2.45, 2.75) is 6.54 Å². The summed E-state index contributed by atoms with van der Waals surface area (Å²) in [7, 11) is 0. The molecule has 10 heteroatoms. The van der Waals surface area contributed by atoms with Crippen LogP contribution in [0, 0.1) is 0 Å². The maximum atomic E-state index is 13.0. The first-order valence-electron chi connectivity index (χ1n) is 10.5. The largest absolute Gasteiger partial charge is 0.482 e. The summed E-state index contributed by atoms with van der Waals surface area (Å²) in [6.07, 6.45) is 0. The van der Waals surface area contributed by atoms with E-state index in [1.165, 1.54) is 30.3 Å². The molecule has 2 N–H and O–H groups in total. The van der Waals surface area contributed by atoms with E-state index in [0.29, 0.717) is 28.5 Å². The molecular weight excluding hydrogens is 456 g/mol. The molecule has 2 aliphatic rings. The van der Waals surface area contributed by atoms with Crippen LogP contribution in [-0.4, -0.2) is 47.1 Å². The molecule has 5 rings (SSSR count). The molecule has 0 radical (unpaired) electrons. The van der Waals surface area contributed by atoms with Gasteiger partial charge in [-0.1, -0.05) is 6.07 Å². The number of nitrogens with one attached hydrogen (secondary N) is 1. The quantitative estimate of drug-likeness (QED) is 0.500. The summed E-state index contributed by atoms with van der Waals surface area (Å²) in [5, 5.41) is 11.4. The normalized spacial score (nSPS) is 13.5. The molecule has 0 saturated heterocycles. The molecule has 0 fully saturated rings. The lowest BCUT2D eigenvalue weighted by molar-refractivity contribution is -0.139. The van der Waals surface area contributed by atoms with E-state index >= 15 is 0 Å². The van der Waals surface area contributed by atoms with Gasteiger partial charge in [-0.3, -0.25) is 19.3 Å². The van der Waals surface area contributed by atoms with Crippen molar-refractivity contribution < 1.29 is 38.5 Å². The monoisotopic (exact) mass is 474 g/mol. The Balaban J connectivity index is 1.28. The number of nitrogens with zero attached hydrogens (tertiary/aromatic N) is 1. The number of anilines is 1. The Kier molecular flexibility index (Phi) is 5.54. The molecule has 0 aliphatic carbocycles. The number of carboxylic acid groups (broad SMARTS) is 1. The smallest absolute Gasteiger partial charge is 0.341 e. The highest BCUT2D eigenvalue weighted by atomic mass is 16.7. The van der Waals surface area contributed by atoms with Gasteiger partial charge in [-0.05, 0) is 60.2 Å². The molecule has 0 saturated carbocycles. The lowest BCUT2D eigenvalue weighted by Gasteiger charge is -2.14. The molecule has 3 aromatic carbocycles. The Labute approximate surface area is 198 Å². The number of rotatable bonds is 7. The molecule has 2 heterocycles. The van der Waals surface area contributed by atoms with Crippen LogP contribution < -0.4 is 19.5 Å². The minimum absolute atomic E-state index is 0.0564. The third-order valence-corrected chi connectivity index (χ3v) is 5.49. The number of carbonyl (C=O) groups is 4. The summed E-state index contributed by atoms with van der Waals surface area (Å²) in [6.45, 7) is -0.292. The SMILES string of the molecule is O=C(O)COc1ccc(NC(=O)c2ccc3c(c2)C(=O)N(Cc2ccc4c(c2)OCO4)C3=O)cc1. The summed E-state index contributed by atoms with van der Waals surface area (Å²) < 4.78 is 15.7. The minimum Gasteiger partial charge on any atom is -0.482 e. The number of imide groups is 1. The van der Waals surface area contributed by atoms with Gasteiger partial charge in [-0.25, -0.2) is 4.79 Å². The molecule has 0 aromatic heterocycles. The van der Waals surface area contributed by atoms with Crippen LogP contribution in [0.15, 0.2) is 60.7 Å². The van der Waals surface area contributed by atoms with Crippen LogP contribution in [0.3, 0.4) is 0 Å². The lowest BCUT2D eigenvalue weighted by Crippen LogP contribution is -2.29. The fourth-order valence-electron chi connectivity index (χ4n) is 3.78. The van der Waals surface area contributed by atoms with Gasteiger partial charge in [0.25, 0.3) is 17.7 Å². The van der Waals surface area contributed by atoms with E-state index in [2.05, 4.69) is 5.32 Å². The summed E-state index contributed by atoms with van der Waals surface area (Å²) >= 11 is 0. The third kappa shape index (κ3) is 4.36. The van der Waals surface area contributed by atoms with E-state index in [4.69, 9.17) is 19.3 Å². The zero-order valence-electron chi connectivity index (χ0n) is 18.1. The van der Waals surface area contributed by atoms with Crippen LogP contribution in [0.2, 0.25) is 0 Å². The molecule has 0 atom stereocenters. The van der Waals surface area contributed by atoms with Gasteiger partial charge in [-0.15, -0.1) is 0 Å². The number of carboxylic acids is 1. The third-order valence-electron chi connectivity index (χ3n) is 5.49. The number of fused-ring (bicyclic) bond motifs is 2. The first-order chi connectivity index (χ1) is 16.9. The zero-order chi connectivity index (χ0) is 24.5. The number of aliphatic carboxylic acids is 1. The summed E-state index contributed by atoms with van der Waals surface area (Å²) in [5.74, 6) is -0.991. The average Bonchev–Trinajstić information content (AvgIpc) is 3.41. The molecule has 2 aliphatic heterocycles. The second kappa shape index (κ2) is 8.82.